The molecule has 0 spiro atoms. The topological polar surface area (TPSA) is 92.4 Å². The molecular weight excluding hydrogens is 200 g/mol. The summed E-state index contributed by atoms with van der Waals surface area (Å²) in [5, 5.41) is 17.3. The summed E-state index contributed by atoms with van der Waals surface area (Å²) in [5.74, 6) is -1.10. The second-order valence-electron chi connectivity index (χ2n) is 3.11. The number of aliphatic carboxylic acids is 1. The molecule has 15 heavy (non-hydrogen) atoms. The number of aryl methyl sites for hydroxylation is 1. The number of carboxylic acids is 1. The highest BCUT2D eigenvalue weighted by molar-refractivity contribution is 5.66. The van der Waals surface area contributed by atoms with Gasteiger partial charge in [-0.1, -0.05) is 0 Å². The molecule has 0 aromatic carbocycles. The standard InChI is InChI=1S/C9H12N2O4/c1-6-7(2-3-12)9(15)11(5-10-6)4-8(13)14/h5,12H,2-4H2,1H3,(H,13,14). The predicted molar refractivity (Wildman–Crippen MR) is 51.7 cm³/mol. The zero-order chi connectivity index (χ0) is 11.4. The molecule has 0 bridgehead atoms. The lowest BCUT2D eigenvalue weighted by Gasteiger charge is -2.06. The zero-order valence-corrected chi connectivity index (χ0v) is 8.30. The summed E-state index contributed by atoms with van der Waals surface area (Å²) < 4.78 is 1.01. The van der Waals surface area contributed by atoms with Crippen LogP contribution in [0, 0.1) is 6.92 Å². The quantitative estimate of drug-likeness (QED) is 0.679. The van der Waals surface area contributed by atoms with Crippen molar-refractivity contribution in [3.05, 3.63) is 27.9 Å². The lowest BCUT2D eigenvalue weighted by molar-refractivity contribution is -0.137. The summed E-state index contributed by atoms with van der Waals surface area (Å²) in [6.07, 6.45) is 1.39. The van der Waals surface area contributed by atoms with E-state index >= 15 is 0 Å². The number of carbonyl (C=O) groups is 1. The second kappa shape index (κ2) is 4.70. The monoisotopic (exact) mass is 212 g/mol. The highest BCUT2D eigenvalue weighted by Crippen LogP contribution is 1.98. The molecule has 0 aliphatic carbocycles. The van der Waals surface area contributed by atoms with Gasteiger partial charge in [-0.15, -0.1) is 0 Å². The fraction of sp³-hybridized carbons (Fsp3) is 0.444. The number of carboxylic acid groups (broad SMARTS) is 1. The predicted octanol–water partition coefficient (Wildman–Crippen LogP) is -0.829. The molecule has 0 saturated heterocycles. The van der Waals surface area contributed by atoms with E-state index < -0.39 is 18.1 Å². The van der Waals surface area contributed by atoms with Crippen LogP contribution in [-0.2, 0) is 17.8 Å². The van der Waals surface area contributed by atoms with Crippen molar-refractivity contribution < 1.29 is 15.0 Å². The Hall–Kier alpha value is -1.69. The van der Waals surface area contributed by atoms with E-state index in [4.69, 9.17) is 10.2 Å². The summed E-state index contributed by atoms with van der Waals surface area (Å²) in [7, 11) is 0. The molecule has 6 heteroatoms. The molecule has 0 atom stereocenters. The Morgan fingerprint density at radius 1 is 1.60 bits per heavy atom. The molecule has 0 aliphatic rings. The molecule has 1 heterocycles. The second-order valence-corrected chi connectivity index (χ2v) is 3.11. The minimum Gasteiger partial charge on any atom is -0.480 e. The van der Waals surface area contributed by atoms with Crippen molar-refractivity contribution in [2.24, 2.45) is 0 Å². The third-order valence-corrected chi connectivity index (χ3v) is 2.01. The molecule has 0 saturated carbocycles. The van der Waals surface area contributed by atoms with Crippen LogP contribution in [0.3, 0.4) is 0 Å². The van der Waals surface area contributed by atoms with E-state index in [1.807, 2.05) is 0 Å². The molecule has 0 unspecified atom stereocenters. The van der Waals surface area contributed by atoms with Crippen LogP contribution in [0.5, 0.6) is 0 Å². The van der Waals surface area contributed by atoms with Gasteiger partial charge in [0.15, 0.2) is 0 Å². The Morgan fingerprint density at radius 3 is 2.80 bits per heavy atom. The minimum atomic E-state index is -1.10. The molecule has 0 radical (unpaired) electrons. The molecule has 6 nitrogen and oxygen atoms in total. The van der Waals surface area contributed by atoms with Gasteiger partial charge in [0, 0.05) is 24.3 Å². The van der Waals surface area contributed by atoms with Crippen molar-refractivity contribution in [1.82, 2.24) is 9.55 Å². The number of hydrogen-bond donors (Lipinski definition) is 2. The van der Waals surface area contributed by atoms with Crippen LogP contribution in [0.2, 0.25) is 0 Å². The maximum Gasteiger partial charge on any atom is 0.323 e. The smallest absolute Gasteiger partial charge is 0.323 e. The van der Waals surface area contributed by atoms with Gasteiger partial charge in [-0.05, 0) is 6.92 Å². The average molecular weight is 212 g/mol. The van der Waals surface area contributed by atoms with Crippen molar-refractivity contribution >= 4 is 5.97 Å². The van der Waals surface area contributed by atoms with Gasteiger partial charge in [-0.2, -0.15) is 0 Å². The van der Waals surface area contributed by atoms with Crippen LogP contribution in [-0.4, -0.2) is 32.3 Å². The number of aliphatic hydroxyl groups excluding tert-OH is 1. The first-order valence-electron chi connectivity index (χ1n) is 4.44. The van der Waals surface area contributed by atoms with Gasteiger partial charge in [0.1, 0.15) is 6.54 Å². The SMILES string of the molecule is Cc1ncn(CC(=O)O)c(=O)c1CCO. The summed E-state index contributed by atoms with van der Waals surface area (Å²) >= 11 is 0. The van der Waals surface area contributed by atoms with E-state index in [2.05, 4.69) is 4.98 Å². The van der Waals surface area contributed by atoms with E-state index in [9.17, 15) is 9.59 Å². The minimum absolute atomic E-state index is 0.158. The average Bonchev–Trinajstić information content (AvgIpc) is 2.16. The van der Waals surface area contributed by atoms with Crippen molar-refractivity contribution in [3.8, 4) is 0 Å². The lowest BCUT2D eigenvalue weighted by atomic mass is 10.2. The summed E-state index contributed by atoms with van der Waals surface area (Å²) in [5.41, 5.74) is 0.482. The van der Waals surface area contributed by atoms with E-state index in [0.717, 1.165) is 4.57 Å². The zero-order valence-electron chi connectivity index (χ0n) is 8.30. The summed E-state index contributed by atoms with van der Waals surface area (Å²) in [6, 6.07) is 0. The van der Waals surface area contributed by atoms with E-state index in [-0.39, 0.29) is 13.0 Å². The van der Waals surface area contributed by atoms with Gasteiger partial charge in [0.05, 0.1) is 6.33 Å². The van der Waals surface area contributed by atoms with Gasteiger partial charge >= 0.3 is 5.97 Å². The lowest BCUT2D eigenvalue weighted by Crippen LogP contribution is -2.28. The van der Waals surface area contributed by atoms with Gasteiger partial charge < -0.3 is 10.2 Å². The third-order valence-electron chi connectivity index (χ3n) is 2.01. The summed E-state index contributed by atoms with van der Waals surface area (Å²) in [4.78, 5) is 26.0. The molecule has 0 amide bonds. The first-order chi connectivity index (χ1) is 7.06. The third kappa shape index (κ3) is 2.63. The molecule has 1 aromatic heterocycles. The van der Waals surface area contributed by atoms with Crippen LogP contribution in [0.15, 0.2) is 11.1 Å². The largest absolute Gasteiger partial charge is 0.480 e. The van der Waals surface area contributed by atoms with Gasteiger partial charge in [0.2, 0.25) is 0 Å². The molecule has 0 aliphatic heterocycles. The molecule has 1 rings (SSSR count). The normalized spacial score (nSPS) is 10.3. The van der Waals surface area contributed by atoms with Gasteiger partial charge in [-0.3, -0.25) is 14.2 Å². The Morgan fingerprint density at radius 2 is 2.27 bits per heavy atom. The maximum absolute atomic E-state index is 11.7. The first kappa shape index (κ1) is 11.4. The molecule has 2 N–H and O–H groups in total. The van der Waals surface area contributed by atoms with Crippen molar-refractivity contribution in [2.45, 2.75) is 19.9 Å². The van der Waals surface area contributed by atoms with E-state index in [0.29, 0.717) is 11.3 Å². The van der Waals surface area contributed by atoms with Gasteiger partial charge in [0.25, 0.3) is 5.56 Å². The number of aromatic nitrogens is 2. The van der Waals surface area contributed by atoms with E-state index in [1.54, 1.807) is 6.92 Å². The molecule has 1 aromatic rings. The highest BCUT2D eigenvalue weighted by atomic mass is 16.4. The van der Waals surface area contributed by atoms with Gasteiger partial charge in [-0.25, -0.2) is 4.98 Å². The Balaban J connectivity index is 3.16. The number of hydrogen-bond acceptors (Lipinski definition) is 4. The van der Waals surface area contributed by atoms with Crippen LogP contribution >= 0.6 is 0 Å². The van der Waals surface area contributed by atoms with Crippen LogP contribution in [0.1, 0.15) is 11.3 Å². The molecule has 82 valence electrons. The van der Waals surface area contributed by atoms with Crippen LogP contribution in [0.25, 0.3) is 0 Å². The van der Waals surface area contributed by atoms with E-state index in [1.165, 1.54) is 6.33 Å². The Kier molecular flexibility index (Phi) is 3.56. The molecule has 0 fully saturated rings. The first-order valence-corrected chi connectivity index (χ1v) is 4.44. The number of aliphatic hydroxyl groups is 1. The maximum atomic E-state index is 11.7. The fourth-order valence-corrected chi connectivity index (χ4v) is 1.27. The summed E-state index contributed by atoms with van der Waals surface area (Å²) in [6.45, 7) is 1.08. The number of nitrogens with zero attached hydrogens (tertiary/aromatic N) is 2. The Bertz CT molecular complexity index is 425. The van der Waals surface area contributed by atoms with Crippen molar-refractivity contribution in [3.63, 3.8) is 0 Å². The van der Waals surface area contributed by atoms with Crippen LogP contribution < -0.4 is 5.56 Å². The van der Waals surface area contributed by atoms with Crippen molar-refractivity contribution in [2.75, 3.05) is 6.61 Å². The highest BCUT2D eigenvalue weighted by Gasteiger charge is 2.09. The van der Waals surface area contributed by atoms with Crippen molar-refractivity contribution in [1.29, 1.82) is 0 Å². The van der Waals surface area contributed by atoms with Crippen LogP contribution in [0.4, 0.5) is 0 Å². The fourth-order valence-electron chi connectivity index (χ4n) is 1.27. The Labute approximate surface area is 85.8 Å². The molecular formula is C9H12N2O4. The number of rotatable bonds is 4.